The summed E-state index contributed by atoms with van der Waals surface area (Å²) in [5, 5.41) is 11.1. The van der Waals surface area contributed by atoms with Crippen LogP contribution in [-0.4, -0.2) is 47.8 Å². The topological polar surface area (TPSA) is 119 Å². The predicted molar refractivity (Wildman–Crippen MR) is 134 cm³/mol. The average Bonchev–Trinajstić information content (AvgIpc) is 2.90. The minimum Gasteiger partial charge on any atom is -0.481 e. The second kappa shape index (κ2) is 13.0. The number of nitrogens with one attached hydrogen (secondary N) is 1. The molecule has 0 saturated heterocycles. The third-order valence-corrected chi connectivity index (χ3v) is 5.30. The number of carbonyl (C=O) groups excluding carboxylic acids is 3. The zero-order valence-corrected chi connectivity index (χ0v) is 21.1. The average molecular weight is 595 g/mol. The van der Waals surface area contributed by atoms with E-state index in [9.17, 15) is 45.5 Å². The molecule has 0 bridgehead atoms. The third-order valence-electron chi connectivity index (χ3n) is 5.30. The van der Waals surface area contributed by atoms with Crippen LogP contribution >= 0.6 is 0 Å². The fraction of sp³-hybridized carbons (Fsp3) is 0.143. The molecule has 0 fully saturated rings. The van der Waals surface area contributed by atoms with Gasteiger partial charge in [0.2, 0.25) is 0 Å². The minimum atomic E-state index is -5.03. The van der Waals surface area contributed by atoms with Gasteiger partial charge in [0.05, 0.1) is 6.42 Å². The van der Waals surface area contributed by atoms with E-state index in [0.29, 0.717) is 0 Å². The smallest absolute Gasteiger partial charge is 0.481 e. The highest BCUT2D eigenvalue weighted by Crippen LogP contribution is 2.28. The summed E-state index contributed by atoms with van der Waals surface area (Å²) >= 11 is 0. The monoisotopic (exact) mass is 595 g/mol. The quantitative estimate of drug-likeness (QED) is 0.163. The summed E-state index contributed by atoms with van der Waals surface area (Å²) in [7, 11) is 0. The van der Waals surface area contributed by atoms with Crippen molar-refractivity contribution < 1.29 is 60.1 Å². The van der Waals surface area contributed by atoms with Crippen LogP contribution in [0.5, 0.6) is 11.5 Å². The molecule has 2 N–H and O–H groups in total. The van der Waals surface area contributed by atoms with Gasteiger partial charge in [-0.1, -0.05) is 36.4 Å². The molecule has 0 saturated carbocycles. The van der Waals surface area contributed by atoms with Crippen LogP contribution in [0.3, 0.4) is 0 Å². The SMILES string of the molecule is O=C(O)CCNC(=O)c1ccc(C(=O)/C(=C\C(=O)c2cccc(OC(F)(F)F)c2)c2ccc(OC(F)(F)F)cc2)cc1. The first-order valence-corrected chi connectivity index (χ1v) is 11.7. The highest BCUT2D eigenvalue weighted by Gasteiger charge is 2.32. The van der Waals surface area contributed by atoms with E-state index >= 15 is 0 Å². The predicted octanol–water partition coefficient (Wildman–Crippen LogP) is 5.84. The van der Waals surface area contributed by atoms with Crippen molar-refractivity contribution in [1.82, 2.24) is 5.32 Å². The summed E-state index contributed by atoms with van der Waals surface area (Å²) < 4.78 is 83.2. The van der Waals surface area contributed by atoms with Gasteiger partial charge in [-0.15, -0.1) is 26.3 Å². The lowest BCUT2D eigenvalue weighted by atomic mass is 9.94. The number of amides is 1. The summed E-state index contributed by atoms with van der Waals surface area (Å²) in [4.78, 5) is 49.2. The Morgan fingerprint density at radius 3 is 1.83 bits per heavy atom. The van der Waals surface area contributed by atoms with Gasteiger partial charge in [0, 0.05) is 28.8 Å². The molecule has 0 spiro atoms. The Hall–Kier alpha value is -5.14. The number of carbonyl (C=O) groups is 4. The van der Waals surface area contributed by atoms with Gasteiger partial charge in [-0.25, -0.2) is 0 Å². The second-order valence-electron chi connectivity index (χ2n) is 8.38. The largest absolute Gasteiger partial charge is 0.573 e. The van der Waals surface area contributed by atoms with Gasteiger partial charge in [-0.3, -0.25) is 19.2 Å². The molecule has 220 valence electrons. The van der Waals surface area contributed by atoms with Crippen LogP contribution in [0.4, 0.5) is 26.3 Å². The third kappa shape index (κ3) is 9.50. The lowest BCUT2D eigenvalue weighted by Crippen LogP contribution is -2.26. The number of hydrogen-bond donors (Lipinski definition) is 2. The number of hydrogen-bond acceptors (Lipinski definition) is 6. The fourth-order valence-electron chi connectivity index (χ4n) is 3.49. The second-order valence-corrected chi connectivity index (χ2v) is 8.38. The van der Waals surface area contributed by atoms with Crippen LogP contribution in [-0.2, 0) is 4.79 Å². The van der Waals surface area contributed by atoms with Gasteiger partial charge < -0.3 is 19.9 Å². The van der Waals surface area contributed by atoms with Gasteiger partial charge in [0.25, 0.3) is 5.91 Å². The number of benzene rings is 3. The molecule has 3 rings (SSSR count). The number of ether oxygens (including phenoxy) is 2. The number of alkyl halides is 6. The van der Waals surface area contributed by atoms with E-state index in [0.717, 1.165) is 48.5 Å². The Balaban J connectivity index is 1.95. The number of ketones is 2. The number of aliphatic carboxylic acids is 1. The standard InChI is InChI=1S/C28H19F6NO7/c29-27(30,31)41-20-10-8-16(9-11-20)22(15-23(36)19-2-1-3-21(14-19)42-28(32,33)34)25(39)17-4-6-18(7-5-17)26(40)35-13-12-24(37)38/h1-11,14-15H,12-13H2,(H,35,40)(H,37,38)/b22-15-. The highest BCUT2D eigenvalue weighted by atomic mass is 19.4. The van der Waals surface area contributed by atoms with Gasteiger partial charge in [-0.2, -0.15) is 0 Å². The normalized spacial score (nSPS) is 11.9. The van der Waals surface area contributed by atoms with Crippen molar-refractivity contribution in [2.24, 2.45) is 0 Å². The highest BCUT2D eigenvalue weighted by molar-refractivity contribution is 6.32. The van der Waals surface area contributed by atoms with E-state index in [1.807, 2.05) is 0 Å². The molecule has 0 radical (unpaired) electrons. The van der Waals surface area contributed by atoms with Crippen molar-refractivity contribution in [3.8, 4) is 11.5 Å². The molecule has 0 aliphatic rings. The van der Waals surface area contributed by atoms with Crippen LogP contribution in [0.25, 0.3) is 5.57 Å². The molecule has 0 aliphatic heterocycles. The van der Waals surface area contributed by atoms with E-state index in [4.69, 9.17) is 5.11 Å². The van der Waals surface area contributed by atoms with E-state index in [1.165, 1.54) is 30.3 Å². The Labute approximate surface area is 233 Å². The van der Waals surface area contributed by atoms with E-state index in [-0.39, 0.29) is 40.8 Å². The van der Waals surface area contributed by atoms with Gasteiger partial charge in [-0.05, 0) is 48.0 Å². The minimum absolute atomic E-state index is 0.0268. The molecule has 1 amide bonds. The maximum absolute atomic E-state index is 13.4. The van der Waals surface area contributed by atoms with Crippen molar-refractivity contribution in [2.45, 2.75) is 19.1 Å². The summed E-state index contributed by atoms with van der Waals surface area (Å²) in [6, 6.07) is 12.9. The Morgan fingerprint density at radius 2 is 1.26 bits per heavy atom. The summed E-state index contributed by atoms with van der Waals surface area (Å²) in [5.41, 5.74) is -0.623. The molecule has 0 atom stereocenters. The van der Waals surface area contributed by atoms with E-state index in [1.54, 1.807) is 0 Å². The number of carboxylic acids is 1. The van der Waals surface area contributed by atoms with E-state index in [2.05, 4.69) is 14.8 Å². The first-order chi connectivity index (χ1) is 19.6. The Kier molecular flexibility index (Phi) is 9.73. The first-order valence-electron chi connectivity index (χ1n) is 11.7. The van der Waals surface area contributed by atoms with E-state index < -0.39 is 47.7 Å². The first kappa shape index (κ1) is 31.4. The molecule has 14 heteroatoms. The number of allylic oxidation sites excluding steroid dienone is 2. The lowest BCUT2D eigenvalue weighted by Gasteiger charge is -2.12. The Morgan fingerprint density at radius 1 is 0.714 bits per heavy atom. The van der Waals surface area contributed by atoms with Crippen LogP contribution in [0.15, 0.2) is 78.9 Å². The van der Waals surface area contributed by atoms with Crippen LogP contribution < -0.4 is 14.8 Å². The van der Waals surface area contributed by atoms with Gasteiger partial charge in [0.15, 0.2) is 11.6 Å². The van der Waals surface area contributed by atoms with Crippen LogP contribution in [0, 0.1) is 0 Å². The van der Waals surface area contributed by atoms with Crippen molar-refractivity contribution in [3.63, 3.8) is 0 Å². The molecule has 3 aromatic carbocycles. The number of rotatable bonds is 11. The van der Waals surface area contributed by atoms with Crippen molar-refractivity contribution in [2.75, 3.05) is 6.54 Å². The summed E-state index contributed by atoms with van der Waals surface area (Å²) in [6.07, 6.45) is -9.53. The lowest BCUT2D eigenvalue weighted by molar-refractivity contribution is -0.275. The molecule has 0 aliphatic carbocycles. The number of carboxylic acid groups (broad SMARTS) is 1. The maximum atomic E-state index is 13.4. The molecule has 3 aromatic rings. The fourth-order valence-corrected chi connectivity index (χ4v) is 3.49. The van der Waals surface area contributed by atoms with Crippen LogP contribution in [0.2, 0.25) is 0 Å². The summed E-state index contributed by atoms with van der Waals surface area (Å²) in [6.45, 7) is -0.146. The number of halogens is 6. The van der Waals surface area contributed by atoms with Crippen LogP contribution in [0.1, 0.15) is 43.1 Å². The van der Waals surface area contributed by atoms with Crippen molar-refractivity contribution >= 4 is 29.0 Å². The molecular weight excluding hydrogens is 576 g/mol. The maximum Gasteiger partial charge on any atom is 0.573 e. The molecular formula is C28H19F6NO7. The summed E-state index contributed by atoms with van der Waals surface area (Å²) in [5.74, 6) is -4.78. The van der Waals surface area contributed by atoms with Crippen molar-refractivity contribution in [3.05, 3.63) is 101 Å². The Bertz CT molecular complexity index is 1490. The zero-order valence-electron chi connectivity index (χ0n) is 21.1. The molecule has 0 heterocycles. The van der Waals surface area contributed by atoms with Gasteiger partial charge >= 0.3 is 18.7 Å². The molecule has 0 unspecified atom stereocenters. The molecule has 8 nitrogen and oxygen atoms in total. The zero-order chi connectivity index (χ0) is 31.1. The molecule has 0 aromatic heterocycles. The van der Waals surface area contributed by atoms with Gasteiger partial charge in [0.1, 0.15) is 11.5 Å². The molecule has 42 heavy (non-hydrogen) atoms. The number of Topliss-reactive ketones (excluding diaryl/α,β-unsaturated/α-hetero) is 1. The van der Waals surface area contributed by atoms with Crippen molar-refractivity contribution in [1.29, 1.82) is 0 Å².